The van der Waals surface area contributed by atoms with Gasteiger partial charge in [0.25, 0.3) is 16.7 Å². The van der Waals surface area contributed by atoms with Crippen LogP contribution in [0.2, 0.25) is 0 Å². The maximum Gasteiger partial charge on any atom is 0.260 e. The van der Waals surface area contributed by atoms with E-state index < -0.39 is 21.5 Å². The number of likely N-dealkylation sites (tertiary alicyclic amines) is 6. The Balaban J connectivity index is 0.000000141. The van der Waals surface area contributed by atoms with Crippen LogP contribution in [0.25, 0.3) is 66.5 Å². The van der Waals surface area contributed by atoms with Gasteiger partial charge in [-0.1, -0.05) is 42.8 Å². The molecule has 0 aliphatic carbocycles. The number of pyridine rings is 3. The summed E-state index contributed by atoms with van der Waals surface area (Å²) in [5.41, 5.74) is 10.9. The summed E-state index contributed by atoms with van der Waals surface area (Å²) < 4.78 is 69.2. The highest BCUT2D eigenvalue weighted by Gasteiger charge is 2.34. The number of carbonyl (C=O) groups excluding carboxylic acids is 2. The second-order valence-electron chi connectivity index (χ2n) is 39.8. The van der Waals surface area contributed by atoms with Gasteiger partial charge in [-0.05, 0) is 260 Å². The number of halogens is 2. The number of aromatic nitrogens is 13. The first-order valence-corrected chi connectivity index (χ1v) is 52.1. The summed E-state index contributed by atoms with van der Waals surface area (Å²) in [6.07, 6.45) is 19.9. The molecule has 37 heteroatoms. The number of nitrogens with one attached hydrogen (secondary N) is 3. The molecule has 2 amide bonds. The number of nitrogens with zero attached hydrogens (tertiary/aromatic N) is 23. The van der Waals surface area contributed by atoms with Crippen molar-refractivity contribution in [2.45, 2.75) is 147 Å². The predicted octanol–water partition coefficient (Wildman–Crippen LogP) is 12.5. The number of piperazine rings is 1. The predicted molar refractivity (Wildman–Crippen MR) is 551 cm³/mol. The molecule has 8 aromatic heterocycles. The van der Waals surface area contributed by atoms with Crippen molar-refractivity contribution in [2.75, 3.05) is 207 Å². The Labute approximate surface area is 827 Å². The summed E-state index contributed by atoms with van der Waals surface area (Å²) in [6, 6.07) is 35.7. The molecule has 0 saturated carbocycles. The fraction of sp³-hybridized carbons (Fsp3) is 0.486. The second-order valence-corrected chi connectivity index (χ2v) is 41.9. The number of hydrogen-bond donors (Lipinski definition) is 3. The summed E-state index contributed by atoms with van der Waals surface area (Å²) in [4.78, 5) is 124. The normalized spacial score (nSPS) is 19.3. The number of sulfonamides is 1. The molecule has 20 rings (SSSR count). The van der Waals surface area contributed by atoms with Gasteiger partial charge in [0.1, 0.15) is 35.1 Å². The van der Waals surface area contributed by atoms with Crippen molar-refractivity contribution in [3.05, 3.63) is 211 Å². The minimum Gasteiger partial charge on any atom is -0.379 e. The Kier molecular flexibility index (Phi) is 31.1. The topological polar surface area (TPSA) is 333 Å². The van der Waals surface area contributed by atoms with Crippen molar-refractivity contribution < 1.29 is 31.5 Å². The van der Waals surface area contributed by atoms with Gasteiger partial charge in [0.2, 0.25) is 45.6 Å². The number of fused-ring (bicyclic) bond motifs is 3. The second kappa shape index (κ2) is 44.3. The van der Waals surface area contributed by atoms with E-state index in [0.717, 1.165) is 176 Å². The van der Waals surface area contributed by atoms with Gasteiger partial charge in [0.05, 0.1) is 53.5 Å². The van der Waals surface area contributed by atoms with Gasteiger partial charge in [-0.3, -0.25) is 52.2 Å². The number of morpholine rings is 1. The Bertz CT molecular complexity index is 6850. The molecule has 12 aromatic rings. The van der Waals surface area contributed by atoms with Gasteiger partial charge in [-0.15, -0.1) is 0 Å². The van der Waals surface area contributed by atoms with Crippen LogP contribution in [0, 0.1) is 25.6 Å². The van der Waals surface area contributed by atoms with E-state index in [1.165, 1.54) is 69.9 Å². The third-order valence-electron chi connectivity index (χ3n) is 29.9. The summed E-state index contributed by atoms with van der Waals surface area (Å²) in [5.74, 6) is 1.42. The average molecular weight is 1960 g/mol. The lowest BCUT2D eigenvalue weighted by Gasteiger charge is -2.34. The molecule has 3 atom stereocenters. The van der Waals surface area contributed by atoms with Gasteiger partial charge in [-0.25, -0.2) is 42.0 Å². The molecular weight excluding hydrogens is 1820 g/mol. The van der Waals surface area contributed by atoms with Crippen molar-refractivity contribution >= 4 is 95.5 Å². The van der Waals surface area contributed by atoms with E-state index in [-0.39, 0.29) is 77.5 Å². The van der Waals surface area contributed by atoms with E-state index in [4.69, 9.17) is 24.8 Å². The molecule has 0 radical (unpaired) electrons. The van der Waals surface area contributed by atoms with E-state index in [2.05, 4.69) is 159 Å². The first-order chi connectivity index (χ1) is 68.5. The summed E-state index contributed by atoms with van der Waals surface area (Å²) in [7, 11) is 8.67. The van der Waals surface area contributed by atoms with Gasteiger partial charge >= 0.3 is 0 Å². The first kappa shape index (κ1) is 99.8. The van der Waals surface area contributed by atoms with Gasteiger partial charge in [0, 0.05) is 205 Å². The summed E-state index contributed by atoms with van der Waals surface area (Å²) >= 11 is 0. The van der Waals surface area contributed by atoms with Crippen LogP contribution in [0.5, 0.6) is 0 Å². The number of carbonyl (C=O) groups is 2. The molecule has 16 heterocycles. The smallest absolute Gasteiger partial charge is 0.260 e. The van der Waals surface area contributed by atoms with Crippen molar-refractivity contribution in [1.82, 2.24) is 107 Å². The SMILES string of the molecule is CC(=O)N1CCC(n2nc(C)c(-c3cc4cnc(Nc5ccc(N6CCN(C)CC6)cc5)nc4n(CCN(C)S(C)(=O)=O)c3=O)c2C)C1.CN1CCC(c2ccc(Nc3ncc4cc(-c5ccc(C6CCCCN6C)cc5F)c(=O)n(CCN5CCOCC5)c4n3)cc2)CC1.CN1CCC(c2ncc(-c3cc4cnc(Nc5ccc(C6CCCN(C)C6)cc5)nc4n(CC(=O)N4CCCC4)c3=O)c(F)n2)CC1. The minimum atomic E-state index is -3.47. The number of hydrogen-bond acceptors (Lipinski definition) is 27. The van der Waals surface area contributed by atoms with Crippen LogP contribution >= 0.6 is 0 Å². The molecule has 8 aliphatic rings. The number of aryl methyl sites for hydroxylation is 1. The molecule has 8 aliphatic heterocycles. The highest BCUT2D eigenvalue weighted by molar-refractivity contribution is 7.88. The molecule has 3 N–H and O–H groups in total. The molecule has 8 saturated heterocycles. The fourth-order valence-electron chi connectivity index (χ4n) is 21.2. The zero-order valence-electron chi connectivity index (χ0n) is 83.3. The van der Waals surface area contributed by atoms with E-state index >= 15 is 8.78 Å². The maximum atomic E-state index is 15.8. The van der Waals surface area contributed by atoms with E-state index in [9.17, 15) is 32.4 Å². The van der Waals surface area contributed by atoms with Crippen molar-refractivity contribution in [3.63, 3.8) is 0 Å². The number of amides is 2. The monoisotopic (exact) mass is 1960 g/mol. The molecule has 0 bridgehead atoms. The third-order valence-corrected chi connectivity index (χ3v) is 31.2. The van der Waals surface area contributed by atoms with Crippen LogP contribution in [0.1, 0.15) is 148 Å². The Morgan fingerprint density at radius 2 is 1.01 bits per heavy atom. The van der Waals surface area contributed by atoms with E-state index in [1.807, 2.05) is 53.8 Å². The van der Waals surface area contributed by atoms with Crippen LogP contribution in [-0.2, 0) is 44.0 Å². The zero-order chi connectivity index (χ0) is 99.1. The molecule has 3 unspecified atom stereocenters. The van der Waals surface area contributed by atoms with Crippen LogP contribution < -0.4 is 37.5 Å². The van der Waals surface area contributed by atoms with E-state index in [1.54, 1.807) is 65.3 Å². The quantitative estimate of drug-likeness (QED) is 0.0473. The molecule has 4 aromatic carbocycles. The number of likely N-dealkylation sites (N-methyl/N-ethyl adjacent to an activating group) is 3. The van der Waals surface area contributed by atoms with Crippen molar-refractivity contribution in [2.24, 2.45) is 0 Å². The van der Waals surface area contributed by atoms with Crippen molar-refractivity contribution in [3.8, 4) is 33.4 Å². The van der Waals surface area contributed by atoms with Crippen LogP contribution in [0.15, 0.2) is 148 Å². The van der Waals surface area contributed by atoms with Crippen LogP contribution in [0.4, 0.5) is 49.4 Å². The average Bonchev–Trinajstić information content (AvgIpc) is 1.49. The number of ether oxygens (including phenoxy) is 1. The lowest BCUT2D eigenvalue weighted by atomic mass is 9.89. The maximum absolute atomic E-state index is 15.8. The van der Waals surface area contributed by atoms with Gasteiger partial charge in [-0.2, -0.15) is 24.4 Å². The van der Waals surface area contributed by atoms with Crippen LogP contribution in [0.3, 0.4) is 0 Å². The van der Waals surface area contributed by atoms with Crippen molar-refractivity contribution in [1.29, 1.82) is 0 Å². The molecule has 34 nitrogen and oxygen atoms in total. The Morgan fingerprint density at radius 1 is 0.479 bits per heavy atom. The largest absolute Gasteiger partial charge is 0.379 e. The molecule has 0 spiro atoms. The molecule has 750 valence electrons. The lowest BCUT2D eigenvalue weighted by molar-refractivity contribution is -0.130. The first-order valence-electron chi connectivity index (χ1n) is 50.2. The number of piperidine rings is 4. The number of benzene rings is 4. The molecular formula is C105H132F2N26O8S. The Hall–Kier alpha value is -12.3. The Morgan fingerprint density at radius 3 is 1.57 bits per heavy atom. The standard InChI is InChI=1S/C37H46FN7O2.C35H42FN9O2.C33H44N10O4S/c1-42-15-12-27(13-16-42)26-6-9-30(10-7-26)40-37-39-25-29-23-32(31-11-8-28(24-33(31)38)34-5-3-4-14-43(34)2)36(46)45(35(29)41-37)18-17-44-19-21-47-22-20-44;1-42-16-11-24(12-17-42)32-37-20-29(31(36)40-32)28-18-26-19-38-35(39-27-9-7-23(8-10-27)25-6-5-13-43(2)21-25)41-33(26)45(34(28)47)22-30(46)44-14-3-4-15-44;1-22-30(23(2)43(37-22)28-11-12-41(21-28)24(3)44)29-19-25-20-34-33(36-31(25)42(32(29)45)18-15-39(5)48(6,46)47)35-26-7-9-27(10-8-26)40-16-13-38(4)14-17-40/h6-11,23-25,27,34H,3-5,12-22H2,1-2H3,(H,39,40,41);7-10,18-20,24-25H,3-6,11-17,21-22H2,1-2H3,(H,38,39,41);7-10,19-20,28H,11-18,21H2,1-6H3,(H,34,35,36). The number of rotatable bonds is 24. The number of anilines is 7. The van der Waals surface area contributed by atoms with Crippen LogP contribution in [-0.4, -0.2) is 313 Å². The van der Waals surface area contributed by atoms with E-state index in [0.29, 0.717) is 143 Å². The third kappa shape index (κ3) is 23.1. The summed E-state index contributed by atoms with van der Waals surface area (Å²) in [6.45, 7) is 23.2. The minimum absolute atomic E-state index is 0.00222. The molecule has 142 heavy (non-hydrogen) atoms. The highest BCUT2D eigenvalue weighted by atomic mass is 32.2. The fourth-order valence-corrected chi connectivity index (χ4v) is 21.6. The summed E-state index contributed by atoms with van der Waals surface area (Å²) in [5, 5.41) is 16.5. The van der Waals surface area contributed by atoms with Gasteiger partial charge in [0.15, 0.2) is 0 Å². The highest BCUT2D eigenvalue weighted by Crippen LogP contribution is 2.38. The zero-order valence-corrected chi connectivity index (χ0v) is 84.1. The molecule has 8 fully saturated rings. The lowest BCUT2D eigenvalue weighted by Crippen LogP contribution is -2.44. The van der Waals surface area contributed by atoms with Gasteiger partial charge < -0.3 is 55.0 Å².